The van der Waals surface area contributed by atoms with Crippen molar-refractivity contribution in [1.82, 2.24) is 0 Å². The van der Waals surface area contributed by atoms with Gasteiger partial charge in [0, 0.05) is 13.8 Å². The Morgan fingerprint density at radius 2 is 1.75 bits per heavy atom. The maximum atomic E-state index is 12.5. The lowest BCUT2D eigenvalue weighted by Gasteiger charge is -2.20. The number of alkyl halides is 1. The molecule has 1 fully saturated rings. The molecule has 1 aliphatic rings. The second-order valence-electron chi connectivity index (χ2n) is 3.37. The van der Waals surface area contributed by atoms with Crippen LogP contribution in [0.3, 0.4) is 0 Å². The summed E-state index contributed by atoms with van der Waals surface area (Å²) in [4.78, 5) is 21.5. The summed E-state index contributed by atoms with van der Waals surface area (Å²) in [5.74, 6) is -1.34. The standard InChI is InChI=1S/C9H13FO6/c1-4(11)14-7-6(3-10)16-9(13)8(7)15-5(2)12/h6-9,13H,3H2,1-2H3/t6-,7+,8+,9-/m0/s1. The quantitative estimate of drug-likeness (QED) is 0.667. The molecule has 1 aliphatic heterocycles. The topological polar surface area (TPSA) is 82.1 Å². The number of hydrogen-bond donors (Lipinski definition) is 1. The van der Waals surface area contributed by atoms with Crippen molar-refractivity contribution in [2.45, 2.75) is 38.4 Å². The molecule has 0 aromatic carbocycles. The van der Waals surface area contributed by atoms with Gasteiger partial charge in [-0.15, -0.1) is 0 Å². The number of halogens is 1. The predicted molar refractivity (Wildman–Crippen MR) is 48.0 cm³/mol. The largest absolute Gasteiger partial charge is 0.455 e. The minimum atomic E-state index is -1.49. The lowest BCUT2D eigenvalue weighted by Crippen LogP contribution is -2.40. The Balaban J connectivity index is 2.76. The highest BCUT2D eigenvalue weighted by Crippen LogP contribution is 2.25. The minimum Gasteiger partial charge on any atom is -0.455 e. The molecule has 0 spiro atoms. The van der Waals surface area contributed by atoms with Gasteiger partial charge in [0.15, 0.2) is 18.5 Å². The Morgan fingerprint density at radius 1 is 1.25 bits per heavy atom. The van der Waals surface area contributed by atoms with Crippen molar-refractivity contribution >= 4 is 11.9 Å². The van der Waals surface area contributed by atoms with Crippen LogP contribution < -0.4 is 0 Å². The number of carbonyl (C=O) groups excluding carboxylic acids is 2. The Kier molecular flexibility index (Phi) is 4.19. The van der Waals surface area contributed by atoms with E-state index in [1.54, 1.807) is 0 Å². The molecule has 92 valence electrons. The van der Waals surface area contributed by atoms with E-state index in [4.69, 9.17) is 14.2 Å². The SMILES string of the molecule is CC(=O)O[C@@H]1[C@H](OC(C)=O)[C@H](CF)O[C@@H]1O. The van der Waals surface area contributed by atoms with E-state index in [2.05, 4.69) is 0 Å². The van der Waals surface area contributed by atoms with Gasteiger partial charge in [-0.25, -0.2) is 4.39 Å². The molecule has 0 aliphatic carbocycles. The van der Waals surface area contributed by atoms with Gasteiger partial charge in [-0.2, -0.15) is 0 Å². The molecule has 1 rings (SSSR count). The smallest absolute Gasteiger partial charge is 0.303 e. The molecule has 0 bridgehead atoms. The molecule has 1 saturated heterocycles. The van der Waals surface area contributed by atoms with Gasteiger partial charge < -0.3 is 19.3 Å². The summed E-state index contributed by atoms with van der Waals surface area (Å²) in [6, 6.07) is 0. The van der Waals surface area contributed by atoms with E-state index in [1.165, 1.54) is 0 Å². The van der Waals surface area contributed by atoms with Gasteiger partial charge in [-0.05, 0) is 0 Å². The second kappa shape index (κ2) is 5.22. The molecule has 0 aromatic rings. The molecular formula is C9H13FO6. The van der Waals surface area contributed by atoms with Crippen molar-refractivity contribution < 1.29 is 33.3 Å². The van der Waals surface area contributed by atoms with Gasteiger partial charge in [-0.3, -0.25) is 9.59 Å². The average molecular weight is 236 g/mol. The molecule has 7 heteroatoms. The van der Waals surface area contributed by atoms with Crippen LogP contribution in [0.5, 0.6) is 0 Å². The highest BCUT2D eigenvalue weighted by molar-refractivity contribution is 5.67. The Morgan fingerprint density at radius 3 is 2.19 bits per heavy atom. The van der Waals surface area contributed by atoms with E-state index in [1.807, 2.05) is 0 Å². The third-order valence-corrected chi connectivity index (χ3v) is 2.04. The summed E-state index contributed by atoms with van der Waals surface area (Å²) >= 11 is 0. The van der Waals surface area contributed by atoms with Crippen molar-refractivity contribution in [2.24, 2.45) is 0 Å². The van der Waals surface area contributed by atoms with Gasteiger partial charge in [0.1, 0.15) is 12.8 Å². The predicted octanol–water partition coefficient (Wildman–Crippen LogP) is -0.464. The lowest BCUT2D eigenvalue weighted by atomic mass is 10.1. The molecule has 1 heterocycles. The molecule has 0 aromatic heterocycles. The second-order valence-corrected chi connectivity index (χ2v) is 3.37. The van der Waals surface area contributed by atoms with Crippen LogP contribution in [0.2, 0.25) is 0 Å². The number of carbonyl (C=O) groups is 2. The fraction of sp³-hybridized carbons (Fsp3) is 0.778. The molecule has 4 atom stereocenters. The first kappa shape index (κ1) is 12.9. The third-order valence-electron chi connectivity index (χ3n) is 2.04. The molecule has 1 N–H and O–H groups in total. The zero-order chi connectivity index (χ0) is 12.3. The summed E-state index contributed by atoms with van der Waals surface area (Å²) in [5.41, 5.74) is 0. The highest BCUT2D eigenvalue weighted by atomic mass is 19.1. The zero-order valence-electron chi connectivity index (χ0n) is 8.88. The first-order valence-electron chi connectivity index (χ1n) is 4.69. The average Bonchev–Trinajstić information content (AvgIpc) is 2.44. The zero-order valence-corrected chi connectivity index (χ0v) is 8.88. The van der Waals surface area contributed by atoms with Crippen molar-refractivity contribution in [1.29, 1.82) is 0 Å². The van der Waals surface area contributed by atoms with Gasteiger partial charge in [-0.1, -0.05) is 0 Å². The summed E-state index contributed by atoms with van der Waals surface area (Å²) in [7, 11) is 0. The van der Waals surface area contributed by atoms with Gasteiger partial charge in [0.05, 0.1) is 0 Å². The van der Waals surface area contributed by atoms with Crippen molar-refractivity contribution in [3.8, 4) is 0 Å². The van der Waals surface area contributed by atoms with E-state index in [9.17, 15) is 19.1 Å². The number of aliphatic hydroxyl groups excluding tert-OH is 1. The maximum Gasteiger partial charge on any atom is 0.303 e. The first-order valence-corrected chi connectivity index (χ1v) is 4.69. The van der Waals surface area contributed by atoms with Crippen LogP contribution in [-0.4, -0.2) is 48.3 Å². The number of rotatable bonds is 3. The Bertz CT molecular complexity index is 281. The third kappa shape index (κ3) is 2.89. The van der Waals surface area contributed by atoms with E-state index in [0.29, 0.717) is 0 Å². The molecule has 16 heavy (non-hydrogen) atoms. The lowest BCUT2D eigenvalue weighted by molar-refractivity contribution is -0.174. The fourth-order valence-electron chi connectivity index (χ4n) is 1.48. The Hall–Kier alpha value is -1.21. The van der Waals surface area contributed by atoms with Crippen LogP contribution in [0.4, 0.5) is 4.39 Å². The van der Waals surface area contributed by atoms with Crippen molar-refractivity contribution in [2.75, 3.05) is 6.67 Å². The van der Waals surface area contributed by atoms with Gasteiger partial charge >= 0.3 is 11.9 Å². The van der Waals surface area contributed by atoms with Crippen LogP contribution in [0.15, 0.2) is 0 Å². The van der Waals surface area contributed by atoms with Crippen LogP contribution >= 0.6 is 0 Å². The van der Waals surface area contributed by atoms with E-state index >= 15 is 0 Å². The van der Waals surface area contributed by atoms with Gasteiger partial charge in [0.25, 0.3) is 0 Å². The summed E-state index contributed by atoms with van der Waals surface area (Å²) in [5, 5.41) is 9.37. The number of aliphatic hydroxyl groups is 1. The minimum absolute atomic E-state index is 0.668. The van der Waals surface area contributed by atoms with Crippen LogP contribution in [0.1, 0.15) is 13.8 Å². The Labute approximate surface area is 91.3 Å². The van der Waals surface area contributed by atoms with Crippen molar-refractivity contribution in [3.63, 3.8) is 0 Å². The highest BCUT2D eigenvalue weighted by Gasteiger charge is 2.48. The number of esters is 2. The summed E-state index contributed by atoms with van der Waals surface area (Å²) < 4.78 is 26.7. The van der Waals surface area contributed by atoms with Gasteiger partial charge in [0.2, 0.25) is 0 Å². The van der Waals surface area contributed by atoms with E-state index < -0.39 is 43.2 Å². The molecule has 6 nitrogen and oxygen atoms in total. The van der Waals surface area contributed by atoms with Crippen molar-refractivity contribution in [3.05, 3.63) is 0 Å². The summed E-state index contributed by atoms with van der Waals surface area (Å²) in [6.07, 6.45) is -4.93. The summed E-state index contributed by atoms with van der Waals surface area (Å²) in [6.45, 7) is 1.30. The molecule has 0 unspecified atom stereocenters. The number of ether oxygens (including phenoxy) is 3. The maximum absolute atomic E-state index is 12.5. The monoisotopic (exact) mass is 236 g/mol. The van der Waals surface area contributed by atoms with Crippen LogP contribution in [0.25, 0.3) is 0 Å². The van der Waals surface area contributed by atoms with E-state index in [0.717, 1.165) is 13.8 Å². The molecule has 0 saturated carbocycles. The van der Waals surface area contributed by atoms with Crippen LogP contribution in [-0.2, 0) is 23.8 Å². The van der Waals surface area contributed by atoms with E-state index in [-0.39, 0.29) is 0 Å². The molecule has 0 radical (unpaired) electrons. The number of hydrogen-bond acceptors (Lipinski definition) is 6. The molecular weight excluding hydrogens is 223 g/mol. The molecule has 0 amide bonds. The first-order chi connectivity index (χ1) is 7.45. The normalized spacial score (nSPS) is 33.5. The fourth-order valence-corrected chi connectivity index (χ4v) is 1.48. The van der Waals surface area contributed by atoms with Crippen LogP contribution in [0, 0.1) is 0 Å².